The molecule has 0 radical (unpaired) electrons. The van der Waals surface area contributed by atoms with Gasteiger partial charge in [-0.2, -0.15) is 0 Å². The zero-order chi connectivity index (χ0) is 21.7. The van der Waals surface area contributed by atoms with E-state index in [9.17, 15) is 19.5 Å². The average Bonchev–Trinajstić information content (AvgIpc) is 2.99. The number of aliphatic hydroxyl groups is 1. The number of aliphatic hydroxyl groups excluding tert-OH is 1. The Morgan fingerprint density at radius 2 is 1.60 bits per heavy atom. The summed E-state index contributed by atoms with van der Waals surface area (Å²) >= 11 is 3.34. The first-order chi connectivity index (χ1) is 14.4. The Bertz CT molecular complexity index is 969. The summed E-state index contributed by atoms with van der Waals surface area (Å²) in [5.41, 5.74) is 1.26. The minimum Gasteiger partial charge on any atom is -0.507 e. The lowest BCUT2D eigenvalue weighted by molar-refractivity contribution is -0.140. The maximum Gasteiger partial charge on any atom is 0.303 e. The van der Waals surface area contributed by atoms with Gasteiger partial charge in [0.2, 0.25) is 0 Å². The molecule has 0 aliphatic carbocycles. The molecular weight excluding hydrogens is 450 g/mol. The van der Waals surface area contributed by atoms with Crippen LogP contribution in [-0.2, 0) is 14.4 Å². The number of halogens is 1. The number of Topliss-reactive ketones (excluding diaryl/α,β-unsaturated/α-hetero) is 1. The number of benzene rings is 2. The van der Waals surface area contributed by atoms with Crippen molar-refractivity contribution in [3.05, 3.63) is 75.8 Å². The molecule has 2 N–H and O–H groups in total. The number of carboxylic acid groups (broad SMARTS) is 1. The van der Waals surface area contributed by atoms with E-state index in [4.69, 9.17) is 5.11 Å². The highest BCUT2D eigenvalue weighted by Crippen LogP contribution is 2.39. The number of rotatable bonds is 8. The highest BCUT2D eigenvalue weighted by atomic mass is 79.9. The monoisotopic (exact) mass is 471 g/mol. The molecule has 0 bridgehead atoms. The number of hydrogen-bond acceptors (Lipinski definition) is 4. The zero-order valence-corrected chi connectivity index (χ0v) is 17.8. The third-order valence-corrected chi connectivity index (χ3v) is 5.59. The van der Waals surface area contributed by atoms with Crippen molar-refractivity contribution in [1.82, 2.24) is 4.90 Å². The molecule has 2 aromatic rings. The van der Waals surface area contributed by atoms with E-state index in [0.29, 0.717) is 31.4 Å². The summed E-state index contributed by atoms with van der Waals surface area (Å²) in [7, 11) is 0. The molecule has 1 heterocycles. The quantitative estimate of drug-likeness (QED) is 0.255. The van der Waals surface area contributed by atoms with Gasteiger partial charge in [0.1, 0.15) is 5.76 Å². The Hall–Kier alpha value is -2.93. The molecule has 1 aliphatic rings. The van der Waals surface area contributed by atoms with Crippen molar-refractivity contribution >= 4 is 39.3 Å². The van der Waals surface area contributed by atoms with Crippen LogP contribution in [0.15, 0.2) is 64.6 Å². The van der Waals surface area contributed by atoms with Crippen LogP contribution in [0.4, 0.5) is 0 Å². The second-order valence-electron chi connectivity index (χ2n) is 7.11. The molecule has 1 atom stereocenters. The summed E-state index contributed by atoms with van der Waals surface area (Å²) in [6, 6.07) is 15.3. The van der Waals surface area contributed by atoms with E-state index >= 15 is 0 Å². The highest BCUT2D eigenvalue weighted by Gasteiger charge is 2.45. The number of hydrogen-bond donors (Lipinski definition) is 2. The molecule has 1 unspecified atom stereocenters. The van der Waals surface area contributed by atoms with Crippen LogP contribution in [0.25, 0.3) is 5.76 Å². The first kappa shape index (κ1) is 21.8. The summed E-state index contributed by atoms with van der Waals surface area (Å²) < 4.78 is 0.834. The van der Waals surface area contributed by atoms with Gasteiger partial charge >= 0.3 is 5.97 Å². The van der Waals surface area contributed by atoms with Crippen molar-refractivity contribution in [2.24, 2.45) is 0 Å². The predicted octanol–water partition coefficient (Wildman–Crippen LogP) is 4.52. The molecule has 30 heavy (non-hydrogen) atoms. The van der Waals surface area contributed by atoms with Gasteiger partial charge in [0.25, 0.3) is 11.7 Å². The minimum atomic E-state index is -0.853. The molecule has 7 heteroatoms. The van der Waals surface area contributed by atoms with E-state index in [-0.39, 0.29) is 17.8 Å². The van der Waals surface area contributed by atoms with E-state index < -0.39 is 23.7 Å². The van der Waals surface area contributed by atoms with Crippen molar-refractivity contribution < 1.29 is 24.6 Å². The lowest BCUT2D eigenvalue weighted by atomic mass is 9.95. The van der Waals surface area contributed by atoms with Gasteiger partial charge in [0.05, 0.1) is 11.6 Å². The van der Waals surface area contributed by atoms with Crippen LogP contribution < -0.4 is 0 Å². The smallest absolute Gasteiger partial charge is 0.303 e. The number of aliphatic carboxylic acids is 1. The Labute approximate surface area is 183 Å². The lowest BCUT2D eigenvalue weighted by Gasteiger charge is -2.25. The number of likely N-dealkylation sites (tertiary alicyclic amines) is 1. The van der Waals surface area contributed by atoms with E-state index in [1.54, 1.807) is 24.3 Å². The van der Waals surface area contributed by atoms with Gasteiger partial charge in [0.15, 0.2) is 0 Å². The molecule has 3 rings (SSSR count). The van der Waals surface area contributed by atoms with Crippen LogP contribution in [0, 0.1) is 0 Å². The third-order valence-electron chi connectivity index (χ3n) is 5.06. The van der Waals surface area contributed by atoms with Crippen molar-refractivity contribution in [2.75, 3.05) is 6.54 Å². The SMILES string of the molecule is O=C(O)CCCCCN1C(=O)C(=O)/C(=C(/O)c2ccc(Br)cc2)C1c1ccccc1. The molecule has 1 saturated heterocycles. The minimum absolute atomic E-state index is 0.0686. The van der Waals surface area contributed by atoms with E-state index in [0.717, 1.165) is 10.0 Å². The maximum absolute atomic E-state index is 12.9. The normalized spacial score (nSPS) is 18.0. The van der Waals surface area contributed by atoms with Crippen LogP contribution in [0.5, 0.6) is 0 Å². The molecule has 0 spiro atoms. The summed E-state index contributed by atoms with van der Waals surface area (Å²) in [6.07, 6.45) is 1.78. The number of unbranched alkanes of at least 4 members (excludes halogenated alkanes) is 2. The van der Waals surface area contributed by atoms with Crippen LogP contribution in [0.3, 0.4) is 0 Å². The molecular formula is C23H22BrNO5. The van der Waals surface area contributed by atoms with Gasteiger partial charge in [-0.1, -0.05) is 64.8 Å². The summed E-state index contributed by atoms with van der Waals surface area (Å²) in [6.45, 7) is 0.306. The molecule has 0 aromatic heterocycles. The van der Waals surface area contributed by atoms with Gasteiger partial charge in [-0.3, -0.25) is 14.4 Å². The largest absolute Gasteiger partial charge is 0.507 e. The van der Waals surface area contributed by atoms with Gasteiger partial charge in [-0.15, -0.1) is 0 Å². The molecule has 1 amide bonds. The topological polar surface area (TPSA) is 94.9 Å². The van der Waals surface area contributed by atoms with Crippen molar-refractivity contribution in [3.8, 4) is 0 Å². The van der Waals surface area contributed by atoms with Crippen LogP contribution >= 0.6 is 15.9 Å². The fourth-order valence-electron chi connectivity index (χ4n) is 3.59. The Morgan fingerprint density at radius 1 is 0.933 bits per heavy atom. The first-order valence-electron chi connectivity index (χ1n) is 9.71. The molecule has 156 valence electrons. The average molecular weight is 472 g/mol. The summed E-state index contributed by atoms with van der Waals surface area (Å²) in [5, 5.41) is 19.7. The molecule has 1 aliphatic heterocycles. The second-order valence-corrected chi connectivity index (χ2v) is 8.03. The van der Waals surface area contributed by atoms with Gasteiger partial charge in [-0.05, 0) is 30.5 Å². The number of carbonyl (C=O) groups is 3. The van der Waals surface area contributed by atoms with E-state index in [1.165, 1.54) is 4.90 Å². The number of nitrogens with zero attached hydrogens (tertiary/aromatic N) is 1. The van der Waals surface area contributed by atoms with Crippen LogP contribution in [0.2, 0.25) is 0 Å². The second kappa shape index (κ2) is 9.71. The molecule has 6 nitrogen and oxygen atoms in total. The standard InChI is InChI=1S/C23H22BrNO5/c24-17-12-10-16(11-13-17)21(28)19-20(15-7-3-1-4-8-15)25(23(30)22(19)29)14-6-2-5-9-18(26)27/h1,3-4,7-8,10-13,20,28H,2,5-6,9,14H2,(H,26,27)/b21-19+. The van der Waals surface area contributed by atoms with E-state index in [1.807, 2.05) is 30.3 Å². The Balaban J connectivity index is 1.94. The summed E-state index contributed by atoms with van der Waals surface area (Å²) in [4.78, 5) is 37.8. The summed E-state index contributed by atoms with van der Waals surface area (Å²) in [5.74, 6) is -2.42. The predicted molar refractivity (Wildman–Crippen MR) is 116 cm³/mol. The Morgan fingerprint density at radius 3 is 2.23 bits per heavy atom. The number of carboxylic acids is 1. The maximum atomic E-state index is 12.9. The van der Waals surface area contributed by atoms with Crippen LogP contribution in [0.1, 0.15) is 42.9 Å². The fraction of sp³-hybridized carbons (Fsp3) is 0.261. The van der Waals surface area contributed by atoms with Gasteiger partial charge in [-0.25, -0.2) is 0 Å². The third kappa shape index (κ3) is 4.79. The lowest BCUT2D eigenvalue weighted by Crippen LogP contribution is -2.30. The van der Waals surface area contributed by atoms with Crippen molar-refractivity contribution in [1.29, 1.82) is 0 Å². The van der Waals surface area contributed by atoms with Gasteiger partial charge in [0, 0.05) is 23.0 Å². The Kier molecular flexibility index (Phi) is 7.05. The number of carbonyl (C=O) groups excluding carboxylic acids is 2. The van der Waals surface area contributed by atoms with Crippen molar-refractivity contribution in [2.45, 2.75) is 31.7 Å². The van der Waals surface area contributed by atoms with Crippen LogP contribution in [-0.4, -0.2) is 39.3 Å². The first-order valence-corrected chi connectivity index (χ1v) is 10.5. The molecule has 0 saturated carbocycles. The fourth-order valence-corrected chi connectivity index (χ4v) is 3.86. The van der Waals surface area contributed by atoms with Crippen molar-refractivity contribution in [3.63, 3.8) is 0 Å². The number of ketones is 1. The number of amides is 1. The van der Waals surface area contributed by atoms with Gasteiger partial charge < -0.3 is 15.1 Å². The molecule has 2 aromatic carbocycles. The zero-order valence-electron chi connectivity index (χ0n) is 16.3. The van der Waals surface area contributed by atoms with E-state index in [2.05, 4.69) is 15.9 Å². The molecule has 1 fully saturated rings. The highest BCUT2D eigenvalue weighted by molar-refractivity contribution is 9.10.